The van der Waals surface area contributed by atoms with Gasteiger partial charge in [0.1, 0.15) is 0 Å². The van der Waals surface area contributed by atoms with Gasteiger partial charge < -0.3 is 9.88 Å². The van der Waals surface area contributed by atoms with Crippen molar-refractivity contribution in [2.24, 2.45) is 0 Å². The van der Waals surface area contributed by atoms with Gasteiger partial charge in [0, 0.05) is 17.6 Å². The number of pyridine rings is 1. The van der Waals surface area contributed by atoms with Gasteiger partial charge in [-0.05, 0) is 79.2 Å². The predicted molar refractivity (Wildman–Crippen MR) is 109 cm³/mol. The molecule has 2 heterocycles. The average molecular weight is 344 g/mol. The molecule has 2 aromatic carbocycles. The number of nitrogens with one attached hydrogen (secondary N) is 1. The highest BCUT2D eigenvalue weighted by atomic mass is 16.1. The van der Waals surface area contributed by atoms with Crippen LogP contribution >= 0.6 is 0 Å². The largest absolute Gasteiger partial charge is 0.322 e. The van der Waals surface area contributed by atoms with Gasteiger partial charge in [-0.25, -0.2) is 0 Å². The van der Waals surface area contributed by atoms with Gasteiger partial charge in [-0.3, -0.25) is 4.79 Å². The van der Waals surface area contributed by atoms with Crippen molar-refractivity contribution in [3.05, 3.63) is 87.2 Å². The van der Waals surface area contributed by atoms with Crippen LogP contribution in [0.4, 0.5) is 0 Å². The molecule has 1 N–H and O–H groups in total. The molecule has 0 unspecified atom stereocenters. The van der Waals surface area contributed by atoms with Crippen LogP contribution in [-0.2, 0) is 0 Å². The number of hydrogen-bond acceptors (Lipinski definition) is 2. The number of aromatic amines is 1. The molecule has 26 heavy (non-hydrogen) atoms. The predicted octanol–water partition coefficient (Wildman–Crippen LogP) is 4.36. The normalized spacial score (nSPS) is 17.5. The summed E-state index contributed by atoms with van der Waals surface area (Å²) in [6.45, 7) is 4.02. The van der Waals surface area contributed by atoms with Crippen molar-refractivity contribution in [2.45, 2.75) is 19.8 Å². The van der Waals surface area contributed by atoms with Crippen molar-refractivity contribution in [1.82, 2.24) is 9.88 Å². The molecule has 0 bridgehead atoms. The Morgan fingerprint density at radius 2 is 1.85 bits per heavy atom. The summed E-state index contributed by atoms with van der Waals surface area (Å²) in [5, 5.41) is 1.08. The van der Waals surface area contributed by atoms with Gasteiger partial charge in [0.15, 0.2) is 0 Å². The van der Waals surface area contributed by atoms with Gasteiger partial charge in [0.05, 0.1) is 0 Å². The van der Waals surface area contributed by atoms with Crippen molar-refractivity contribution in [1.29, 1.82) is 0 Å². The van der Waals surface area contributed by atoms with E-state index in [0.29, 0.717) is 0 Å². The molecule has 1 aromatic heterocycles. The maximum Gasteiger partial charge on any atom is 0.251 e. The SMILES string of the molecule is Cc1cc2cc(C(=C3CCCN(C)C3)c3ccccc3)ccc2[nH]c1=O. The van der Waals surface area contributed by atoms with Crippen LogP contribution in [0.25, 0.3) is 16.5 Å². The summed E-state index contributed by atoms with van der Waals surface area (Å²) in [5.74, 6) is 0. The van der Waals surface area contributed by atoms with Crippen LogP contribution in [0, 0.1) is 6.92 Å². The number of aromatic nitrogens is 1. The first-order valence-corrected chi connectivity index (χ1v) is 9.22. The molecule has 4 rings (SSSR count). The lowest BCUT2D eigenvalue weighted by atomic mass is 9.88. The number of piperidine rings is 1. The number of fused-ring (bicyclic) bond motifs is 1. The van der Waals surface area contributed by atoms with Crippen LogP contribution < -0.4 is 5.56 Å². The summed E-state index contributed by atoms with van der Waals surface area (Å²) in [4.78, 5) is 17.3. The number of aryl methyl sites for hydroxylation is 1. The van der Waals surface area contributed by atoms with E-state index < -0.39 is 0 Å². The maximum absolute atomic E-state index is 11.9. The van der Waals surface area contributed by atoms with E-state index in [2.05, 4.69) is 59.4 Å². The van der Waals surface area contributed by atoms with E-state index in [0.717, 1.165) is 36.0 Å². The first kappa shape index (κ1) is 16.8. The van der Waals surface area contributed by atoms with Gasteiger partial charge in [0.25, 0.3) is 5.56 Å². The minimum Gasteiger partial charge on any atom is -0.322 e. The van der Waals surface area contributed by atoms with E-state index in [-0.39, 0.29) is 5.56 Å². The molecule has 1 saturated heterocycles. The smallest absolute Gasteiger partial charge is 0.251 e. The molecular formula is C23H24N2O. The number of likely N-dealkylation sites (N-methyl/N-ethyl adjacent to an activating group) is 1. The lowest BCUT2D eigenvalue weighted by Crippen LogP contribution is -2.27. The molecule has 3 nitrogen and oxygen atoms in total. The number of likely N-dealkylation sites (tertiary alicyclic amines) is 1. The fourth-order valence-corrected chi connectivity index (χ4v) is 3.90. The Morgan fingerprint density at radius 1 is 1.04 bits per heavy atom. The fraction of sp³-hybridized carbons (Fsp3) is 0.261. The Bertz CT molecular complexity index is 1030. The molecule has 1 aliphatic rings. The lowest BCUT2D eigenvalue weighted by Gasteiger charge is -2.27. The van der Waals surface area contributed by atoms with E-state index in [4.69, 9.17) is 0 Å². The zero-order chi connectivity index (χ0) is 18.1. The van der Waals surface area contributed by atoms with Crippen LogP contribution in [0.1, 0.15) is 29.5 Å². The first-order chi connectivity index (χ1) is 12.6. The van der Waals surface area contributed by atoms with Gasteiger partial charge in [0.2, 0.25) is 0 Å². The Kier molecular flexibility index (Phi) is 4.48. The third-order valence-corrected chi connectivity index (χ3v) is 5.21. The summed E-state index contributed by atoms with van der Waals surface area (Å²) in [5.41, 5.74) is 6.94. The van der Waals surface area contributed by atoms with Crippen molar-refractivity contribution in [2.75, 3.05) is 20.1 Å². The van der Waals surface area contributed by atoms with E-state index >= 15 is 0 Å². The van der Waals surface area contributed by atoms with E-state index in [1.54, 1.807) is 0 Å². The Morgan fingerprint density at radius 3 is 2.62 bits per heavy atom. The van der Waals surface area contributed by atoms with Gasteiger partial charge >= 0.3 is 0 Å². The highest BCUT2D eigenvalue weighted by Crippen LogP contribution is 2.32. The van der Waals surface area contributed by atoms with Gasteiger partial charge in [-0.2, -0.15) is 0 Å². The molecule has 0 radical (unpaired) electrons. The van der Waals surface area contributed by atoms with E-state index in [9.17, 15) is 4.79 Å². The third-order valence-electron chi connectivity index (χ3n) is 5.21. The minimum absolute atomic E-state index is 0.0132. The number of benzene rings is 2. The second kappa shape index (κ2) is 6.93. The molecule has 3 aromatic rings. The molecule has 0 spiro atoms. The number of nitrogens with zero attached hydrogens (tertiary/aromatic N) is 1. The van der Waals surface area contributed by atoms with Crippen LogP contribution in [0.5, 0.6) is 0 Å². The van der Waals surface area contributed by atoms with Crippen LogP contribution in [0.3, 0.4) is 0 Å². The van der Waals surface area contributed by atoms with Crippen molar-refractivity contribution < 1.29 is 0 Å². The number of H-pyrrole nitrogens is 1. The molecule has 0 amide bonds. The van der Waals surface area contributed by atoms with Crippen molar-refractivity contribution >= 4 is 16.5 Å². The second-order valence-electron chi connectivity index (χ2n) is 7.27. The van der Waals surface area contributed by atoms with Crippen molar-refractivity contribution in [3.8, 4) is 0 Å². The standard InChI is InChI=1S/C23H24N2O/c1-16-13-20-14-18(10-11-21(20)24-23(16)26)22(17-7-4-3-5-8-17)19-9-6-12-25(2)15-19/h3-5,7-8,10-11,13-14H,6,9,12,15H2,1-2H3,(H,24,26). The van der Waals surface area contributed by atoms with Crippen LogP contribution in [0.15, 0.2) is 65.0 Å². The Balaban J connectivity index is 1.92. The summed E-state index contributed by atoms with van der Waals surface area (Å²) in [6.07, 6.45) is 2.33. The first-order valence-electron chi connectivity index (χ1n) is 9.22. The van der Waals surface area contributed by atoms with Crippen LogP contribution in [0.2, 0.25) is 0 Å². The lowest BCUT2D eigenvalue weighted by molar-refractivity contribution is 0.323. The zero-order valence-corrected chi connectivity index (χ0v) is 15.4. The zero-order valence-electron chi connectivity index (χ0n) is 15.4. The van der Waals surface area contributed by atoms with Gasteiger partial charge in [-0.15, -0.1) is 0 Å². The molecule has 1 aliphatic heterocycles. The molecule has 132 valence electrons. The Hall–Kier alpha value is -2.65. The summed E-state index contributed by atoms with van der Waals surface area (Å²) < 4.78 is 0. The molecule has 1 fully saturated rings. The van der Waals surface area contributed by atoms with Gasteiger partial charge in [-0.1, -0.05) is 36.4 Å². The number of hydrogen-bond donors (Lipinski definition) is 1. The highest BCUT2D eigenvalue weighted by molar-refractivity contribution is 5.89. The third kappa shape index (κ3) is 3.23. The number of rotatable bonds is 2. The summed E-state index contributed by atoms with van der Waals surface area (Å²) in [6, 6.07) is 19.0. The quantitative estimate of drug-likeness (QED) is 0.750. The molecule has 0 aliphatic carbocycles. The minimum atomic E-state index is -0.0132. The van der Waals surface area contributed by atoms with E-state index in [1.807, 2.05) is 19.1 Å². The summed E-state index contributed by atoms with van der Waals surface area (Å²) >= 11 is 0. The molecule has 3 heteroatoms. The second-order valence-corrected chi connectivity index (χ2v) is 7.27. The highest BCUT2D eigenvalue weighted by Gasteiger charge is 2.17. The topological polar surface area (TPSA) is 36.1 Å². The Labute approximate surface area is 154 Å². The maximum atomic E-state index is 11.9. The van der Waals surface area contributed by atoms with E-state index in [1.165, 1.54) is 28.7 Å². The monoisotopic (exact) mass is 344 g/mol. The molecule has 0 atom stereocenters. The van der Waals surface area contributed by atoms with Crippen molar-refractivity contribution in [3.63, 3.8) is 0 Å². The average Bonchev–Trinajstić information content (AvgIpc) is 2.64. The fourth-order valence-electron chi connectivity index (χ4n) is 3.90. The van der Waals surface area contributed by atoms with Crippen LogP contribution in [-0.4, -0.2) is 30.0 Å². The summed E-state index contributed by atoms with van der Waals surface area (Å²) in [7, 11) is 2.19. The molecular weight excluding hydrogens is 320 g/mol. The molecule has 0 saturated carbocycles.